The van der Waals surface area contributed by atoms with E-state index in [1.54, 1.807) is 18.2 Å². The molecule has 0 spiro atoms. The predicted molar refractivity (Wildman–Crippen MR) is 84.0 cm³/mol. The van der Waals surface area contributed by atoms with Gasteiger partial charge in [-0.05, 0) is 36.4 Å². The molecule has 24 heavy (non-hydrogen) atoms. The lowest BCUT2D eigenvalue weighted by Gasteiger charge is -2.21. The second-order valence-corrected chi connectivity index (χ2v) is 5.20. The number of carbonyl (C=O) groups excluding carboxylic acids is 1. The number of aliphatic hydroxyl groups is 1. The normalized spacial score (nSPS) is 14.2. The van der Waals surface area contributed by atoms with Gasteiger partial charge in [0.25, 0.3) is 5.91 Å². The van der Waals surface area contributed by atoms with E-state index < -0.39 is 6.10 Å². The van der Waals surface area contributed by atoms with Gasteiger partial charge in [0.2, 0.25) is 0 Å². The zero-order valence-corrected chi connectivity index (χ0v) is 12.7. The van der Waals surface area contributed by atoms with Gasteiger partial charge in [-0.3, -0.25) is 4.79 Å². The van der Waals surface area contributed by atoms with Crippen LogP contribution < -0.4 is 19.5 Å². The summed E-state index contributed by atoms with van der Waals surface area (Å²) >= 11 is 0. The third kappa shape index (κ3) is 3.94. The van der Waals surface area contributed by atoms with E-state index in [4.69, 9.17) is 14.2 Å². The molecule has 0 saturated carbocycles. The number of amides is 1. The van der Waals surface area contributed by atoms with Crippen LogP contribution in [0.4, 0.5) is 10.1 Å². The molecule has 2 N–H and O–H groups in total. The lowest BCUT2D eigenvalue weighted by Crippen LogP contribution is -2.27. The Labute approximate surface area is 137 Å². The van der Waals surface area contributed by atoms with Crippen molar-refractivity contribution in [3.05, 3.63) is 48.3 Å². The monoisotopic (exact) mass is 333 g/mol. The van der Waals surface area contributed by atoms with Crippen molar-refractivity contribution in [2.24, 2.45) is 0 Å². The highest BCUT2D eigenvalue weighted by atomic mass is 19.1. The Morgan fingerprint density at radius 1 is 1.17 bits per heavy atom. The number of rotatable bonds is 6. The minimum atomic E-state index is -0.897. The average molecular weight is 333 g/mol. The highest BCUT2D eigenvalue weighted by molar-refractivity contribution is 5.97. The fourth-order valence-corrected chi connectivity index (χ4v) is 2.15. The summed E-state index contributed by atoms with van der Waals surface area (Å²) in [5.74, 6) is 0.752. The number of hydrogen-bond donors (Lipinski definition) is 2. The molecule has 0 radical (unpaired) electrons. The first-order valence-corrected chi connectivity index (χ1v) is 7.37. The molecule has 1 aliphatic rings. The van der Waals surface area contributed by atoms with Gasteiger partial charge in [0, 0.05) is 0 Å². The summed E-state index contributed by atoms with van der Waals surface area (Å²) in [6.45, 7) is -0.0817. The van der Waals surface area contributed by atoms with Gasteiger partial charge in [0.1, 0.15) is 48.1 Å². The van der Waals surface area contributed by atoms with Crippen LogP contribution in [0.2, 0.25) is 0 Å². The third-order valence-electron chi connectivity index (χ3n) is 3.30. The largest absolute Gasteiger partial charge is 0.491 e. The standard InChI is InChI=1S/C17H16FNO5/c18-11-4-6-13(7-5-11)22-8-12(20)9-23-14-2-1-3-15-17(14)19-16(21)10-24-15/h1-7,12,20H,8-10H2,(H,19,21)/t12-/m1/s1. The number of para-hydroxylation sites is 1. The molecule has 1 amide bonds. The number of fused-ring (bicyclic) bond motifs is 1. The SMILES string of the molecule is O=C1COc2cccc(OC[C@H](O)COc3ccc(F)cc3)c2N1. The number of anilines is 1. The van der Waals surface area contributed by atoms with Gasteiger partial charge >= 0.3 is 0 Å². The molecular formula is C17H16FNO5. The molecule has 126 valence electrons. The number of hydrogen-bond acceptors (Lipinski definition) is 5. The molecule has 6 nitrogen and oxygen atoms in total. The first-order chi connectivity index (χ1) is 11.6. The molecule has 1 heterocycles. The van der Waals surface area contributed by atoms with Crippen LogP contribution in [0.5, 0.6) is 17.2 Å². The maximum Gasteiger partial charge on any atom is 0.262 e. The molecule has 0 fully saturated rings. The minimum Gasteiger partial charge on any atom is -0.491 e. The van der Waals surface area contributed by atoms with E-state index in [1.807, 2.05) is 0 Å². The Balaban J connectivity index is 1.54. The predicted octanol–water partition coefficient (Wildman–Crippen LogP) is 1.98. The van der Waals surface area contributed by atoms with Crippen molar-refractivity contribution in [3.63, 3.8) is 0 Å². The van der Waals surface area contributed by atoms with Gasteiger partial charge in [-0.1, -0.05) is 6.07 Å². The van der Waals surface area contributed by atoms with Crippen molar-refractivity contribution in [1.82, 2.24) is 0 Å². The number of benzene rings is 2. The van der Waals surface area contributed by atoms with Crippen LogP contribution in [0.1, 0.15) is 0 Å². The van der Waals surface area contributed by atoms with Crippen molar-refractivity contribution in [2.45, 2.75) is 6.10 Å². The molecular weight excluding hydrogens is 317 g/mol. The topological polar surface area (TPSA) is 77.0 Å². The molecule has 0 aliphatic carbocycles. The van der Waals surface area contributed by atoms with Gasteiger partial charge < -0.3 is 24.6 Å². The maximum atomic E-state index is 12.8. The van der Waals surface area contributed by atoms with Crippen LogP contribution in [0.15, 0.2) is 42.5 Å². The number of halogens is 1. The second-order valence-electron chi connectivity index (χ2n) is 5.20. The van der Waals surface area contributed by atoms with Crippen molar-refractivity contribution in [3.8, 4) is 17.2 Å². The molecule has 1 aliphatic heterocycles. The summed E-state index contributed by atoms with van der Waals surface area (Å²) in [4.78, 5) is 11.4. The molecule has 0 unspecified atom stereocenters. The molecule has 0 saturated heterocycles. The summed E-state index contributed by atoms with van der Waals surface area (Å²) in [6.07, 6.45) is -0.897. The van der Waals surface area contributed by atoms with E-state index in [0.29, 0.717) is 22.9 Å². The second kappa shape index (κ2) is 7.18. The Kier molecular flexibility index (Phi) is 4.81. The fourth-order valence-electron chi connectivity index (χ4n) is 2.15. The molecule has 7 heteroatoms. The number of carbonyl (C=O) groups is 1. The molecule has 3 rings (SSSR count). The fraction of sp³-hybridized carbons (Fsp3) is 0.235. The maximum absolute atomic E-state index is 12.8. The Bertz CT molecular complexity index is 719. The van der Waals surface area contributed by atoms with Crippen LogP contribution in [-0.2, 0) is 4.79 Å². The quantitative estimate of drug-likeness (QED) is 0.845. The van der Waals surface area contributed by atoms with Crippen LogP contribution in [0.25, 0.3) is 0 Å². The van der Waals surface area contributed by atoms with Gasteiger partial charge in [0.15, 0.2) is 6.61 Å². The van der Waals surface area contributed by atoms with Crippen molar-refractivity contribution >= 4 is 11.6 Å². The Morgan fingerprint density at radius 2 is 1.92 bits per heavy atom. The summed E-state index contributed by atoms with van der Waals surface area (Å²) in [5.41, 5.74) is 0.445. The lowest BCUT2D eigenvalue weighted by atomic mass is 10.2. The number of ether oxygens (including phenoxy) is 3. The molecule has 0 aromatic heterocycles. The summed E-state index contributed by atoms with van der Waals surface area (Å²) < 4.78 is 29.0. The number of nitrogens with one attached hydrogen (secondary N) is 1. The van der Waals surface area contributed by atoms with Crippen LogP contribution in [-0.4, -0.2) is 36.9 Å². The van der Waals surface area contributed by atoms with Crippen LogP contribution >= 0.6 is 0 Å². The van der Waals surface area contributed by atoms with Crippen molar-refractivity contribution in [1.29, 1.82) is 0 Å². The van der Waals surface area contributed by atoms with E-state index in [1.165, 1.54) is 24.3 Å². The lowest BCUT2D eigenvalue weighted by molar-refractivity contribution is -0.118. The van der Waals surface area contributed by atoms with Gasteiger partial charge in [-0.2, -0.15) is 0 Å². The van der Waals surface area contributed by atoms with E-state index in [2.05, 4.69) is 5.32 Å². The van der Waals surface area contributed by atoms with Crippen molar-refractivity contribution in [2.75, 3.05) is 25.1 Å². The zero-order valence-electron chi connectivity index (χ0n) is 12.7. The summed E-state index contributed by atoms with van der Waals surface area (Å²) in [5, 5.41) is 12.6. The molecule has 2 aromatic carbocycles. The molecule has 0 bridgehead atoms. The van der Waals surface area contributed by atoms with Gasteiger partial charge in [0.05, 0.1) is 0 Å². The van der Waals surface area contributed by atoms with Gasteiger partial charge in [-0.25, -0.2) is 4.39 Å². The van der Waals surface area contributed by atoms with E-state index in [0.717, 1.165) is 0 Å². The highest BCUT2D eigenvalue weighted by Crippen LogP contribution is 2.36. The Hall–Kier alpha value is -2.80. The highest BCUT2D eigenvalue weighted by Gasteiger charge is 2.20. The first kappa shape index (κ1) is 16.1. The first-order valence-electron chi connectivity index (χ1n) is 7.37. The Morgan fingerprint density at radius 3 is 2.71 bits per heavy atom. The van der Waals surface area contributed by atoms with Crippen molar-refractivity contribution < 1.29 is 28.5 Å². The molecule has 2 aromatic rings. The van der Waals surface area contributed by atoms with Crippen LogP contribution in [0.3, 0.4) is 0 Å². The minimum absolute atomic E-state index is 0.0104. The van der Waals surface area contributed by atoms with E-state index in [9.17, 15) is 14.3 Å². The van der Waals surface area contributed by atoms with Crippen LogP contribution in [0, 0.1) is 5.82 Å². The summed E-state index contributed by atoms with van der Waals surface area (Å²) in [6, 6.07) is 10.6. The smallest absolute Gasteiger partial charge is 0.262 e. The average Bonchev–Trinajstić information content (AvgIpc) is 2.59. The van der Waals surface area contributed by atoms with E-state index >= 15 is 0 Å². The molecule has 1 atom stereocenters. The summed E-state index contributed by atoms with van der Waals surface area (Å²) in [7, 11) is 0. The zero-order chi connectivity index (χ0) is 16.9. The van der Waals surface area contributed by atoms with Gasteiger partial charge in [-0.15, -0.1) is 0 Å². The van der Waals surface area contributed by atoms with E-state index in [-0.39, 0.29) is 31.5 Å². The third-order valence-corrected chi connectivity index (χ3v) is 3.30. The number of aliphatic hydroxyl groups excluding tert-OH is 1.